The molecule has 0 radical (unpaired) electrons. The number of alkyl halides is 3. The van der Waals surface area contributed by atoms with Crippen molar-refractivity contribution < 1.29 is 27.6 Å². The first-order valence-corrected chi connectivity index (χ1v) is 4.04. The molecule has 0 bridgehead atoms. The van der Waals surface area contributed by atoms with Crippen molar-refractivity contribution >= 4 is 7.69 Å². The minimum atomic E-state index is -4.37. The van der Waals surface area contributed by atoms with Crippen LogP contribution in [-0.2, 0) is 0 Å². The standard InChI is InChI=1S/C8H8BF3O3/c10-8(11,12)5-14-6-2-1-3-7(4-6)15-9-13/h1-4,9,13H,5H2. The van der Waals surface area contributed by atoms with Gasteiger partial charge in [0.1, 0.15) is 11.5 Å². The second-order valence-corrected chi connectivity index (χ2v) is 2.65. The first-order chi connectivity index (χ1) is 7.01. The third kappa shape index (κ3) is 4.60. The first-order valence-electron chi connectivity index (χ1n) is 4.04. The van der Waals surface area contributed by atoms with E-state index in [9.17, 15) is 13.2 Å². The van der Waals surface area contributed by atoms with Crippen molar-refractivity contribution in [2.75, 3.05) is 6.61 Å². The Hall–Kier alpha value is -1.37. The molecule has 0 aromatic heterocycles. The van der Waals surface area contributed by atoms with E-state index in [1.165, 1.54) is 24.3 Å². The van der Waals surface area contributed by atoms with E-state index >= 15 is 0 Å². The van der Waals surface area contributed by atoms with E-state index in [0.29, 0.717) is 0 Å². The Morgan fingerprint density at radius 2 is 1.93 bits per heavy atom. The molecule has 82 valence electrons. The average Bonchev–Trinajstić information content (AvgIpc) is 2.15. The van der Waals surface area contributed by atoms with Gasteiger partial charge in [0, 0.05) is 6.07 Å². The van der Waals surface area contributed by atoms with Gasteiger partial charge >= 0.3 is 13.9 Å². The highest BCUT2D eigenvalue weighted by Crippen LogP contribution is 2.22. The summed E-state index contributed by atoms with van der Waals surface area (Å²) in [5, 5.41) is 8.43. The third-order valence-corrected chi connectivity index (χ3v) is 1.44. The molecule has 0 amide bonds. The summed E-state index contributed by atoms with van der Waals surface area (Å²) in [6.45, 7) is -1.35. The Morgan fingerprint density at radius 3 is 2.53 bits per heavy atom. The smallest absolute Gasteiger partial charge is 0.504 e. The number of hydrogen-bond donors (Lipinski definition) is 1. The van der Waals surface area contributed by atoms with Crippen LogP contribution in [0.25, 0.3) is 0 Å². The predicted molar refractivity (Wildman–Crippen MR) is 48.0 cm³/mol. The second kappa shape index (κ2) is 4.93. The fourth-order valence-corrected chi connectivity index (χ4v) is 0.893. The zero-order chi connectivity index (χ0) is 11.3. The molecule has 0 heterocycles. The minimum Gasteiger partial charge on any atom is -0.539 e. The van der Waals surface area contributed by atoms with Crippen LogP contribution in [-0.4, -0.2) is 25.5 Å². The van der Waals surface area contributed by atoms with Gasteiger partial charge in [0.05, 0.1) is 0 Å². The monoisotopic (exact) mass is 220 g/mol. The van der Waals surface area contributed by atoms with E-state index in [-0.39, 0.29) is 11.5 Å². The third-order valence-electron chi connectivity index (χ3n) is 1.44. The van der Waals surface area contributed by atoms with Crippen molar-refractivity contribution in [3.05, 3.63) is 24.3 Å². The number of hydrogen-bond acceptors (Lipinski definition) is 3. The molecule has 0 unspecified atom stereocenters. The van der Waals surface area contributed by atoms with Crippen LogP contribution >= 0.6 is 0 Å². The molecule has 1 N–H and O–H groups in total. The van der Waals surface area contributed by atoms with Gasteiger partial charge in [-0.05, 0) is 12.1 Å². The first kappa shape index (κ1) is 11.7. The fourth-order valence-electron chi connectivity index (χ4n) is 0.893. The molecule has 0 spiro atoms. The lowest BCUT2D eigenvalue weighted by molar-refractivity contribution is -0.153. The molecule has 1 aromatic carbocycles. The lowest BCUT2D eigenvalue weighted by Crippen LogP contribution is -2.19. The van der Waals surface area contributed by atoms with Crippen molar-refractivity contribution in [1.82, 2.24) is 0 Å². The summed E-state index contributed by atoms with van der Waals surface area (Å²) in [6, 6.07) is 5.60. The van der Waals surface area contributed by atoms with E-state index in [1.807, 2.05) is 0 Å². The van der Waals surface area contributed by atoms with Crippen LogP contribution in [0.3, 0.4) is 0 Å². The normalized spacial score (nSPS) is 10.9. The number of ether oxygens (including phenoxy) is 1. The lowest BCUT2D eigenvalue weighted by Gasteiger charge is -2.10. The molecular weight excluding hydrogens is 212 g/mol. The van der Waals surface area contributed by atoms with Gasteiger partial charge in [-0.2, -0.15) is 13.2 Å². The van der Waals surface area contributed by atoms with E-state index < -0.39 is 20.5 Å². The van der Waals surface area contributed by atoms with Crippen molar-refractivity contribution in [3.63, 3.8) is 0 Å². The van der Waals surface area contributed by atoms with Crippen LogP contribution in [0.5, 0.6) is 11.5 Å². The minimum absolute atomic E-state index is 0.0401. The molecule has 0 aliphatic rings. The molecule has 7 heteroatoms. The maximum Gasteiger partial charge on any atom is 0.504 e. The SMILES string of the molecule is OBOc1cccc(OCC(F)(F)F)c1. The Balaban J connectivity index is 2.57. The van der Waals surface area contributed by atoms with Gasteiger partial charge in [-0.15, -0.1) is 0 Å². The number of halogens is 3. The zero-order valence-electron chi connectivity index (χ0n) is 7.62. The van der Waals surface area contributed by atoms with E-state index in [0.717, 1.165) is 0 Å². The Labute approximate surface area is 84.7 Å². The fraction of sp³-hybridized carbons (Fsp3) is 0.250. The lowest BCUT2D eigenvalue weighted by atomic mass is 10.3. The molecule has 1 aromatic rings. The van der Waals surface area contributed by atoms with Crippen molar-refractivity contribution in [1.29, 1.82) is 0 Å². The molecule has 0 atom stereocenters. The number of rotatable bonds is 4. The molecule has 15 heavy (non-hydrogen) atoms. The summed E-state index contributed by atoms with van der Waals surface area (Å²) in [6.07, 6.45) is -4.37. The molecule has 0 saturated carbocycles. The Morgan fingerprint density at radius 1 is 1.27 bits per heavy atom. The van der Waals surface area contributed by atoms with Crippen LogP contribution in [0.4, 0.5) is 13.2 Å². The van der Waals surface area contributed by atoms with E-state index in [1.54, 1.807) is 0 Å². The summed E-state index contributed by atoms with van der Waals surface area (Å²) in [7, 11) is -0.539. The topological polar surface area (TPSA) is 38.7 Å². The highest BCUT2D eigenvalue weighted by molar-refractivity contribution is 6.17. The average molecular weight is 220 g/mol. The summed E-state index contributed by atoms with van der Waals surface area (Å²) in [5.74, 6) is 0.287. The van der Waals surface area contributed by atoms with Gasteiger partial charge in [-0.1, -0.05) is 6.07 Å². The molecule has 1 rings (SSSR count). The molecular formula is C8H8BF3O3. The van der Waals surface area contributed by atoms with Crippen molar-refractivity contribution in [2.45, 2.75) is 6.18 Å². The van der Waals surface area contributed by atoms with E-state index in [2.05, 4.69) is 9.39 Å². The predicted octanol–water partition coefficient (Wildman–Crippen LogP) is 1.27. The molecule has 0 fully saturated rings. The molecule has 0 aliphatic carbocycles. The highest BCUT2D eigenvalue weighted by atomic mass is 19.4. The van der Waals surface area contributed by atoms with Gasteiger partial charge in [0.15, 0.2) is 6.61 Å². The van der Waals surface area contributed by atoms with Gasteiger partial charge in [0.2, 0.25) is 0 Å². The summed E-state index contributed by atoms with van der Waals surface area (Å²) >= 11 is 0. The summed E-state index contributed by atoms with van der Waals surface area (Å²) in [5.41, 5.74) is 0. The van der Waals surface area contributed by atoms with E-state index in [4.69, 9.17) is 5.02 Å². The van der Waals surface area contributed by atoms with Gasteiger partial charge in [-0.25, -0.2) is 0 Å². The quantitative estimate of drug-likeness (QED) is 0.776. The Bertz CT molecular complexity index is 316. The second-order valence-electron chi connectivity index (χ2n) is 2.65. The largest absolute Gasteiger partial charge is 0.539 e. The zero-order valence-corrected chi connectivity index (χ0v) is 7.62. The van der Waals surface area contributed by atoms with Crippen LogP contribution in [0.2, 0.25) is 0 Å². The van der Waals surface area contributed by atoms with Crippen LogP contribution in [0.15, 0.2) is 24.3 Å². The van der Waals surface area contributed by atoms with Crippen LogP contribution in [0.1, 0.15) is 0 Å². The molecule has 0 aliphatic heterocycles. The summed E-state index contributed by atoms with van der Waals surface area (Å²) in [4.78, 5) is 0. The highest BCUT2D eigenvalue weighted by Gasteiger charge is 2.28. The van der Waals surface area contributed by atoms with Gasteiger partial charge < -0.3 is 14.4 Å². The number of benzene rings is 1. The maximum atomic E-state index is 11.8. The Kier molecular flexibility index (Phi) is 3.84. The maximum absolute atomic E-state index is 11.8. The van der Waals surface area contributed by atoms with Crippen LogP contribution < -0.4 is 9.39 Å². The van der Waals surface area contributed by atoms with Gasteiger partial charge in [-0.3, -0.25) is 0 Å². The molecule has 3 nitrogen and oxygen atoms in total. The van der Waals surface area contributed by atoms with Gasteiger partial charge in [0.25, 0.3) is 0 Å². The van der Waals surface area contributed by atoms with Crippen molar-refractivity contribution in [3.8, 4) is 11.5 Å². The van der Waals surface area contributed by atoms with Crippen LogP contribution in [0, 0.1) is 0 Å². The summed E-state index contributed by atoms with van der Waals surface area (Å²) < 4.78 is 44.5. The molecule has 0 saturated heterocycles. The van der Waals surface area contributed by atoms with Crippen molar-refractivity contribution in [2.24, 2.45) is 0 Å².